The van der Waals surface area contributed by atoms with Crippen LogP contribution in [0.5, 0.6) is 0 Å². The molecule has 0 unspecified atom stereocenters. The van der Waals surface area contributed by atoms with E-state index in [9.17, 15) is 43.2 Å². The lowest BCUT2D eigenvalue weighted by molar-refractivity contribution is -0.0444. The summed E-state index contributed by atoms with van der Waals surface area (Å²) in [5.41, 5.74) is -12.4. The molecule has 130 valence electrons. The van der Waals surface area contributed by atoms with Gasteiger partial charge in [-0.2, -0.15) is 26.3 Å². The molecule has 5 nitrogen and oxygen atoms in total. The fourth-order valence-electron chi connectivity index (χ4n) is 0.418. The maximum absolute atomic E-state index is 11.4. The van der Waals surface area contributed by atoms with Gasteiger partial charge in [-0.15, -0.1) is 0 Å². The zero-order valence-electron chi connectivity index (χ0n) is 11.0. The SMILES string of the molecule is CC[S+](C)CC.O=S(=O)([N-]S(=O)(=O)C(F)(F)F)C(F)(F)F. The lowest BCUT2D eigenvalue weighted by Crippen LogP contribution is -2.30. The fraction of sp³-hybridized carbons (Fsp3) is 1.00. The quantitative estimate of drug-likeness (QED) is 0.549. The molecule has 0 rings (SSSR count). The number of alkyl halides is 6. The number of sulfonamides is 2. The molecule has 0 bridgehead atoms. The van der Waals surface area contributed by atoms with Crippen molar-refractivity contribution in [3.8, 4) is 0 Å². The van der Waals surface area contributed by atoms with Gasteiger partial charge in [-0.05, 0) is 24.7 Å². The molecule has 0 radical (unpaired) electrons. The molecule has 21 heavy (non-hydrogen) atoms. The third kappa shape index (κ3) is 8.11. The van der Waals surface area contributed by atoms with Crippen LogP contribution in [0.2, 0.25) is 0 Å². The van der Waals surface area contributed by atoms with Crippen molar-refractivity contribution in [3.63, 3.8) is 0 Å². The summed E-state index contributed by atoms with van der Waals surface area (Å²) < 4.78 is 109. The van der Waals surface area contributed by atoms with Crippen LogP contribution < -0.4 is 0 Å². The number of rotatable bonds is 4. The smallest absolute Gasteiger partial charge is 0.421 e. The predicted octanol–water partition coefficient (Wildman–Crippen LogP) is 2.33. The Balaban J connectivity index is 0. The Morgan fingerprint density at radius 1 is 0.810 bits per heavy atom. The van der Waals surface area contributed by atoms with E-state index >= 15 is 0 Å². The van der Waals surface area contributed by atoms with E-state index in [2.05, 4.69) is 20.1 Å². The highest BCUT2D eigenvalue weighted by Gasteiger charge is 2.46. The summed E-state index contributed by atoms with van der Waals surface area (Å²) in [5, 5.41) is 0. The van der Waals surface area contributed by atoms with Crippen LogP contribution >= 0.6 is 0 Å². The fourth-order valence-corrected chi connectivity index (χ4v) is 2.54. The lowest BCUT2D eigenvalue weighted by Gasteiger charge is -2.22. The molecular weight excluding hydrogens is 372 g/mol. The van der Waals surface area contributed by atoms with E-state index in [0.29, 0.717) is 10.9 Å². The molecule has 0 saturated heterocycles. The van der Waals surface area contributed by atoms with Gasteiger partial charge >= 0.3 is 11.0 Å². The maximum atomic E-state index is 11.4. The maximum Gasteiger partial charge on any atom is 0.480 e. The highest BCUT2D eigenvalue weighted by atomic mass is 32.3. The molecule has 0 aromatic heterocycles. The van der Waals surface area contributed by atoms with Crippen molar-refractivity contribution in [1.82, 2.24) is 0 Å². The standard InChI is InChI=1S/C5H13S.C2F6NO4S2/c1-4-6(3)5-2;3-1(4,5)14(10,11)9-15(12,13)2(6,7)8/h4-5H2,1-3H3;/q+1;-1. The van der Waals surface area contributed by atoms with Crippen LogP contribution in [0.4, 0.5) is 26.3 Å². The minimum atomic E-state index is -6.72. The molecule has 14 heteroatoms. The van der Waals surface area contributed by atoms with Crippen LogP contribution in [-0.4, -0.2) is 45.6 Å². The molecule has 0 heterocycles. The van der Waals surface area contributed by atoms with E-state index in [-0.39, 0.29) is 0 Å². The van der Waals surface area contributed by atoms with Gasteiger partial charge in [0.2, 0.25) is 0 Å². The Hall–Kier alpha value is -0.210. The van der Waals surface area contributed by atoms with Crippen LogP contribution in [0.25, 0.3) is 4.13 Å². The minimum absolute atomic E-state index is 0.716. The van der Waals surface area contributed by atoms with Gasteiger partial charge in [0.25, 0.3) is 0 Å². The van der Waals surface area contributed by atoms with Crippen LogP contribution in [0.3, 0.4) is 0 Å². The first-order chi connectivity index (χ1) is 9.02. The number of halogens is 6. The zero-order valence-corrected chi connectivity index (χ0v) is 13.4. The molecule has 0 aliphatic carbocycles. The highest BCUT2D eigenvalue weighted by Crippen LogP contribution is 2.36. The summed E-state index contributed by atoms with van der Waals surface area (Å²) in [6, 6.07) is 0. The molecule has 0 N–H and O–H groups in total. The van der Waals surface area contributed by atoms with E-state index in [1.165, 1.54) is 11.5 Å². The van der Waals surface area contributed by atoms with Crippen LogP contribution in [-0.2, 0) is 30.9 Å². The van der Waals surface area contributed by atoms with Gasteiger partial charge in [0.15, 0.2) is 20.0 Å². The first-order valence-corrected chi connectivity index (χ1v) is 9.83. The summed E-state index contributed by atoms with van der Waals surface area (Å²) in [6.45, 7) is 4.49. The predicted molar refractivity (Wildman–Crippen MR) is 67.7 cm³/mol. The average molecular weight is 385 g/mol. The summed E-state index contributed by atoms with van der Waals surface area (Å²) in [4.78, 5) is 0. The number of nitrogens with zero attached hydrogens (tertiary/aromatic N) is 1. The second kappa shape index (κ2) is 7.87. The van der Waals surface area contributed by atoms with Crippen molar-refractivity contribution >= 4 is 30.9 Å². The molecule has 0 atom stereocenters. The first kappa shape index (κ1) is 23.1. The summed E-state index contributed by atoms with van der Waals surface area (Å²) in [5.74, 6) is 2.72. The molecule has 0 aromatic carbocycles. The van der Waals surface area contributed by atoms with Crippen molar-refractivity contribution in [2.45, 2.75) is 24.9 Å². The number of hydrogen-bond donors (Lipinski definition) is 0. The van der Waals surface area contributed by atoms with E-state index < -0.39 is 31.1 Å². The first-order valence-electron chi connectivity index (χ1n) is 4.97. The van der Waals surface area contributed by atoms with Gasteiger partial charge in [-0.1, -0.05) is 0 Å². The summed E-state index contributed by atoms with van der Waals surface area (Å²) in [6.07, 6.45) is 2.31. The topological polar surface area (TPSA) is 82.4 Å². The van der Waals surface area contributed by atoms with Gasteiger partial charge in [0, 0.05) is 0 Å². The van der Waals surface area contributed by atoms with Crippen molar-refractivity contribution in [3.05, 3.63) is 4.13 Å². The Labute approximate surface area is 121 Å². The van der Waals surface area contributed by atoms with Crippen molar-refractivity contribution in [2.24, 2.45) is 0 Å². The molecular formula is C7H13F6NO4S3. The molecule has 0 aromatic rings. The molecule has 0 amide bonds. The minimum Gasteiger partial charge on any atom is -0.421 e. The largest absolute Gasteiger partial charge is 0.480 e. The molecule has 0 spiro atoms. The second-order valence-electron chi connectivity index (χ2n) is 3.27. The molecule has 0 aliphatic rings. The van der Waals surface area contributed by atoms with Gasteiger partial charge in [-0.25, -0.2) is 16.8 Å². The van der Waals surface area contributed by atoms with Crippen molar-refractivity contribution in [2.75, 3.05) is 17.8 Å². The van der Waals surface area contributed by atoms with Crippen LogP contribution in [0, 0.1) is 0 Å². The van der Waals surface area contributed by atoms with Gasteiger partial charge in [-0.3, -0.25) is 0 Å². The van der Waals surface area contributed by atoms with Gasteiger partial charge < -0.3 is 4.13 Å². The molecule has 0 fully saturated rings. The van der Waals surface area contributed by atoms with Gasteiger partial charge in [0.1, 0.15) is 11.5 Å². The third-order valence-corrected chi connectivity index (χ3v) is 6.48. The summed E-state index contributed by atoms with van der Waals surface area (Å²) >= 11 is 0. The summed E-state index contributed by atoms with van der Waals surface area (Å²) in [7, 11) is -12.7. The van der Waals surface area contributed by atoms with Crippen molar-refractivity contribution in [1.29, 1.82) is 0 Å². The van der Waals surface area contributed by atoms with Crippen LogP contribution in [0.15, 0.2) is 0 Å². The van der Waals surface area contributed by atoms with Gasteiger partial charge in [0.05, 0.1) is 6.26 Å². The third-order valence-electron chi connectivity index (χ3n) is 1.77. The Kier molecular flexibility index (Phi) is 8.65. The normalized spacial score (nSPS) is 13.8. The molecule has 0 saturated carbocycles. The average Bonchev–Trinajstić information content (AvgIpc) is 2.24. The lowest BCUT2D eigenvalue weighted by atomic mass is 11.0. The Morgan fingerprint density at radius 2 is 1.05 bits per heavy atom. The number of hydrogen-bond acceptors (Lipinski definition) is 4. The Bertz CT molecular complexity index is 463. The zero-order chi connectivity index (χ0) is 17.7. The van der Waals surface area contributed by atoms with Crippen molar-refractivity contribution < 1.29 is 43.2 Å². The molecule has 0 aliphatic heterocycles. The van der Waals surface area contributed by atoms with E-state index in [1.807, 2.05) is 0 Å². The second-order valence-corrected chi connectivity index (χ2v) is 9.41. The monoisotopic (exact) mass is 385 g/mol. The van der Waals surface area contributed by atoms with E-state index in [1.54, 1.807) is 0 Å². The van der Waals surface area contributed by atoms with E-state index in [0.717, 1.165) is 4.13 Å². The Morgan fingerprint density at radius 3 is 1.14 bits per heavy atom. The van der Waals surface area contributed by atoms with E-state index in [4.69, 9.17) is 0 Å². The highest BCUT2D eigenvalue weighted by molar-refractivity contribution is 8.13. The van der Waals surface area contributed by atoms with Crippen LogP contribution in [0.1, 0.15) is 13.8 Å².